The number of aromatic nitrogens is 2. The summed E-state index contributed by atoms with van der Waals surface area (Å²) in [5.74, 6) is -1.17. The Bertz CT molecular complexity index is 510. The van der Waals surface area contributed by atoms with E-state index in [-0.39, 0.29) is 5.52 Å². The van der Waals surface area contributed by atoms with E-state index in [1.165, 1.54) is 6.07 Å². The molecule has 1 N–H and O–H groups in total. The van der Waals surface area contributed by atoms with Crippen LogP contribution in [0.3, 0.4) is 0 Å². The van der Waals surface area contributed by atoms with Gasteiger partial charge in [-0.3, -0.25) is 0 Å². The Labute approximate surface area is 97.8 Å². The summed E-state index contributed by atoms with van der Waals surface area (Å²) in [5, 5.41) is 0. The van der Waals surface area contributed by atoms with Crippen LogP contribution in [0.25, 0.3) is 11.0 Å². The molecule has 0 atom stereocenters. The van der Waals surface area contributed by atoms with Gasteiger partial charge in [0.2, 0.25) is 0 Å². The van der Waals surface area contributed by atoms with Gasteiger partial charge in [0.1, 0.15) is 11.3 Å². The van der Waals surface area contributed by atoms with Crippen molar-refractivity contribution in [3.8, 4) is 0 Å². The highest BCUT2D eigenvalue weighted by molar-refractivity contribution is 5.75. The molecule has 1 aromatic heterocycles. The van der Waals surface area contributed by atoms with Crippen LogP contribution in [0.1, 0.15) is 19.2 Å². The summed E-state index contributed by atoms with van der Waals surface area (Å²) in [6.07, 6.45) is 1.52. The fraction of sp³-hybridized carbons (Fsp3) is 0.417. The molecule has 3 nitrogen and oxygen atoms in total. The SMILES string of the molecule is CCCOCCc1nc2c(F)c(F)ccc2[nH]1. The molecule has 1 heterocycles. The number of ether oxygens (including phenoxy) is 1. The molecule has 0 unspecified atom stereocenters. The van der Waals surface area contributed by atoms with Crippen molar-refractivity contribution in [2.75, 3.05) is 13.2 Å². The maximum Gasteiger partial charge on any atom is 0.186 e. The molecular weight excluding hydrogens is 226 g/mol. The number of nitrogens with one attached hydrogen (secondary N) is 1. The number of halogens is 2. The topological polar surface area (TPSA) is 37.9 Å². The minimum Gasteiger partial charge on any atom is -0.381 e. The Morgan fingerprint density at radius 1 is 1.29 bits per heavy atom. The van der Waals surface area contributed by atoms with Crippen molar-refractivity contribution in [1.29, 1.82) is 0 Å². The summed E-state index contributed by atoms with van der Waals surface area (Å²) < 4.78 is 31.6. The van der Waals surface area contributed by atoms with Gasteiger partial charge in [-0.1, -0.05) is 6.92 Å². The molecule has 0 aliphatic rings. The predicted octanol–water partition coefficient (Wildman–Crippen LogP) is 2.81. The van der Waals surface area contributed by atoms with Gasteiger partial charge in [0.15, 0.2) is 11.6 Å². The van der Waals surface area contributed by atoms with E-state index in [1.807, 2.05) is 6.92 Å². The van der Waals surface area contributed by atoms with E-state index < -0.39 is 11.6 Å². The first-order valence-corrected chi connectivity index (χ1v) is 5.62. The van der Waals surface area contributed by atoms with Crippen LogP contribution in [-0.2, 0) is 11.2 Å². The average Bonchev–Trinajstić information content (AvgIpc) is 2.74. The van der Waals surface area contributed by atoms with Crippen molar-refractivity contribution < 1.29 is 13.5 Å². The molecule has 0 amide bonds. The summed E-state index contributed by atoms with van der Waals surface area (Å²) in [6.45, 7) is 3.25. The molecule has 2 rings (SSSR count). The van der Waals surface area contributed by atoms with Crippen molar-refractivity contribution >= 4 is 11.0 Å². The third kappa shape index (κ3) is 2.61. The van der Waals surface area contributed by atoms with Gasteiger partial charge in [-0.25, -0.2) is 13.8 Å². The highest BCUT2D eigenvalue weighted by Crippen LogP contribution is 2.18. The van der Waals surface area contributed by atoms with Gasteiger partial charge >= 0.3 is 0 Å². The smallest absolute Gasteiger partial charge is 0.186 e. The number of benzene rings is 1. The molecule has 0 saturated carbocycles. The molecule has 0 aliphatic heterocycles. The third-order valence-corrected chi connectivity index (χ3v) is 2.43. The highest BCUT2D eigenvalue weighted by atomic mass is 19.2. The molecule has 5 heteroatoms. The zero-order valence-corrected chi connectivity index (χ0v) is 9.59. The summed E-state index contributed by atoms with van der Waals surface area (Å²) in [5.41, 5.74) is 0.560. The maximum atomic E-state index is 13.4. The van der Waals surface area contributed by atoms with Crippen molar-refractivity contribution in [2.45, 2.75) is 19.8 Å². The Hall–Kier alpha value is -1.49. The van der Waals surface area contributed by atoms with E-state index in [0.29, 0.717) is 31.0 Å². The second-order valence-corrected chi connectivity index (χ2v) is 3.80. The van der Waals surface area contributed by atoms with Crippen LogP contribution in [0.5, 0.6) is 0 Å². The van der Waals surface area contributed by atoms with Gasteiger partial charge in [-0.05, 0) is 18.6 Å². The quantitative estimate of drug-likeness (QED) is 0.816. The Morgan fingerprint density at radius 2 is 2.12 bits per heavy atom. The summed E-state index contributed by atoms with van der Waals surface area (Å²) >= 11 is 0. The summed E-state index contributed by atoms with van der Waals surface area (Å²) in [7, 11) is 0. The van der Waals surface area contributed by atoms with Gasteiger partial charge in [0.05, 0.1) is 12.1 Å². The lowest BCUT2D eigenvalue weighted by Crippen LogP contribution is -2.00. The predicted molar refractivity (Wildman–Crippen MR) is 60.8 cm³/mol. The first-order chi connectivity index (χ1) is 8.22. The Morgan fingerprint density at radius 3 is 2.88 bits per heavy atom. The number of hydrogen-bond acceptors (Lipinski definition) is 2. The van der Waals surface area contributed by atoms with E-state index in [2.05, 4.69) is 9.97 Å². The first-order valence-electron chi connectivity index (χ1n) is 5.62. The normalized spacial score (nSPS) is 11.2. The van der Waals surface area contributed by atoms with Crippen LogP contribution in [-0.4, -0.2) is 23.2 Å². The lowest BCUT2D eigenvalue weighted by Gasteiger charge is -1.98. The van der Waals surface area contributed by atoms with E-state index in [1.54, 1.807) is 0 Å². The lowest BCUT2D eigenvalue weighted by molar-refractivity contribution is 0.137. The largest absolute Gasteiger partial charge is 0.381 e. The monoisotopic (exact) mass is 240 g/mol. The zero-order chi connectivity index (χ0) is 12.3. The number of rotatable bonds is 5. The second-order valence-electron chi connectivity index (χ2n) is 3.80. The molecule has 0 aliphatic carbocycles. The second kappa shape index (κ2) is 5.23. The fourth-order valence-corrected chi connectivity index (χ4v) is 1.60. The summed E-state index contributed by atoms with van der Waals surface area (Å²) in [4.78, 5) is 6.96. The number of fused-ring (bicyclic) bond motifs is 1. The van der Waals surface area contributed by atoms with Crippen molar-refractivity contribution in [2.24, 2.45) is 0 Å². The van der Waals surface area contributed by atoms with Crippen molar-refractivity contribution in [3.05, 3.63) is 29.6 Å². The van der Waals surface area contributed by atoms with Gasteiger partial charge in [0, 0.05) is 13.0 Å². The molecule has 0 bridgehead atoms. The van der Waals surface area contributed by atoms with Crippen LogP contribution in [0, 0.1) is 11.6 Å². The van der Waals surface area contributed by atoms with E-state index in [0.717, 1.165) is 12.5 Å². The van der Waals surface area contributed by atoms with Gasteiger partial charge in [-0.2, -0.15) is 0 Å². The molecule has 1 aromatic carbocycles. The van der Waals surface area contributed by atoms with E-state index >= 15 is 0 Å². The minimum absolute atomic E-state index is 0.0514. The van der Waals surface area contributed by atoms with Crippen molar-refractivity contribution in [3.63, 3.8) is 0 Å². The lowest BCUT2D eigenvalue weighted by atomic mass is 10.3. The average molecular weight is 240 g/mol. The van der Waals surface area contributed by atoms with Gasteiger partial charge in [0.25, 0.3) is 0 Å². The molecule has 17 heavy (non-hydrogen) atoms. The molecule has 0 spiro atoms. The van der Waals surface area contributed by atoms with Crippen molar-refractivity contribution in [1.82, 2.24) is 9.97 Å². The standard InChI is InChI=1S/C12H14F2N2O/c1-2-6-17-7-5-10-15-9-4-3-8(13)11(14)12(9)16-10/h3-4H,2,5-7H2,1H3,(H,15,16). The van der Waals surface area contributed by atoms with Crippen LogP contribution in [0.2, 0.25) is 0 Å². The number of H-pyrrole nitrogens is 1. The highest BCUT2D eigenvalue weighted by Gasteiger charge is 2.11. The molecule has 2 aromatic rings. The minimum atomic E-state index is -0.903. The Kier molecular flexibility index (Phi) is 3.68. The molecule has 92 valence electrons. The van der Waals surface area contributed by atoms with Gasteiger partial charge in [-0.15, -0.1) is 0 Å². The number of aromatic amines is 1. The third-order valence-electron chi connectivity index (χ3n) is 2.43. The molecule has 0 fully saturated rings. The Balaban J connectivity index is 2.12. The van der Waals surface area contributed by atoms with Gasteiger partial charge < -0.3 is 9.72 Å². The van der Waals surface area contributed by atoms with E-state index in [9.17, 15) is 8.78 Å². The number of nitrogens with zero attached hydrogens (tertiary/aromatic N) is 1. The molecular formula is C12H14F2N2O. The van der Waals surface area contributed by atoms with Crippen LogP contribution in [0.15, 0.2) is 12.1 Å². The maximum absolute atomic E-state index is 13.4. The number of hydrogen-bond donors (Lipinski definition) is 1. The molecule has 0 radical (unpaired) electrons. The number of imidazole rings is 1. The van der Waals surface area contributed by atoms with E-state index in [4.69, 9.17) is 4.74 Å². The van der Waals surface area contributed by atoms with Crippen LogP contribution < -0.4 is 0 Å². The van der Waals surface area contributed by atoms with Crippen LogP contribution >= 0.6 is 0 Å². The zero-order valence-electron chi connectivity index (χ0n) is 9.59. The first kappa shape index (κ1) is 12.0. The molecule has 0 saturated heterocycles. The van der Waals surface area contributed by atoms with Crippen LogP contribution in [0.4, 0.5) is 8.78 Å². The summed E-state index contributed by atoms with van der Waals surface area (Å²) in [6, 6.07) is 2.57. The fourth-order valence-electron chi connectivity index (χ4n) is 1.60.